The van der Waals surface area contributed by atoms with Crippen molar-refractivity contribution in [2.45, 2.75) is 6.92 Å². The van der Waals surface area contributed by atoms with E-state index in [4.69, 9.17) is 0 Å². The van der Waals surface area contributed by atoms with Gasteiger partial charge in [0.1, 0.15) is 11.4 Å². The molecular formula is C12H13N3O2S. The van der Waals surface area contributed by atoms with Crippen LogP contribution in [0.25, 0.3) is 0 Å². The lowest BCUT2D eigenvalue weighted by Crippen LogP contribution is -2.03. The summed E-state index contributed by atoms with van der Waals surface area (Å²) in [6.45, 7) is 2.55. The number of anilines is 3. The number of rotatable bonds is 5. The lowest BCUT2D eigenvalue weighted by molar-refractivity contribution is -0.383. The Hall–Kier alpha value is -2.08. The Kier molecular flexibility index (Phi) is 3.78. The highest BCUT2D eigenvalue weighted by molar-refractivity contribution is 7.08. The molecule has 0 amide bonds. The molecule has 94 valence electrons. The van der Waals surface area contributed by atoms with Gasteiger partial charge in [-0.2, -0.15) is 11.3 Å². The predicted molar refractivity (Wildman–Crippen MR) is 74.9 cm³/mol. The molecule has 1 aromatic heterocycles. The van der Waals surface area contributed by atoms with E-state index < -0.39 is 0 Å². The van der Waals surface area contributed by atoms with Crippen LogP contribution in [0.2, 0.25) is 0 Å². The molecule has 0 aliphatic rings. The molecule has 0 radical (unpaired) electrons. The van der Waals surface area contributed by atoms with Crippen LogP contribution in [0.15, 0.2) is 35.0 Å². The second-order valence-corrected chi connectivity index (χ2v) is 4.41. The number of nitro groups is 1. The molecule has 0 aliphatic carbocycles. The molecule has 1 aromatic carbocycles. The first-order chi connectivity index (χ1) is 8.72. The Labute approximate surface area is 109 Å². The second-order valence-electron chi connectivity index (χ2n) is 3.63. The van der Waals surface area contributed by atoms with Gasteiger partial charge in [-0.25, -0.2) is 0 Å². The van der Waals surface area contributed by atoms with E-state index >= 15 is 0 Å². The first-order valence-electron chi connectivity index (χ1n) is 5.53. The van der Waals surface area contributed by atoms with E-state index in [0.717, 1.165) is 5.69 Å². The van der Waals surface area contributed by atoms with Crippen molar-refractivity contribution in [3.63, 3.8) is 0 Å². The standard InChI is InChI=1S/C12H13N3O2S/c1-2-13-10-4-3-5-11(12(10)15(16)17)14-9-6-7-18-8-9/h3-8,13-14H,2H2,1H3. The molecule has 2 N–H and O–H groups in total. The van der Waals surface area contributed by atoms with E-state index in [-0.39, 0.29) is 10.6 Å². The van der Waals surface area contributed by atoms with Crippen LogP contribution in [0.5, 0.6) is 0 Å². The summed E-state index contributed by atoms with van der Waals surface area (Å²) in [6.07, 6.45) is 0. The zero-order chi connectivity index (χ0) is 13.0. The number of hydrogen-bond donors (Lipinski definition) is 2. The average Bonchev–Trinajstić information content (AvgIpc) is 2.82. The highest BCUT2D eigenvalue weighted by Gasteiger charge is 2.19. The summed E-state index contributed by atoms with van der Waals surface area (Å²) in [5.41, 5.74) is 1.96. The number of nitro benzene ring substituents is 1. The van der Waals surface area contributed by atoms with Gasteiger partial charge in [-0.15, -0.1) is 0 Å². The Morgan fingerprint density at radius 3 is 2.72 bits per heavy atom. The van der Waals surface area contributed by atoms with E-state index in [1.54, 1.807) is 18.2 Å². The number of nitrogens with zero attached hydrogens (tertiary/aromatic N) is 1. The van der Waals surface area contributed by atoms with Crippen LogP contribution in [-0.2, 0) is 0 Å². The number of nitrogens with one attached hydrogen (secondary N) is 2. The minimum atomic E-state index is -0.368. The van der Waals surface area contributed by atoms with Gasteiger partial charge >= 0.3 is 5.69 Å². The zero-order valence-corrected chi connectivity index (χ0v) is 10.7. The molecule has 0 unspecified atom stereocenters. The average molecular weight is 263 g/mol. The largest absolute Gasteiger partial charge is 0.380 e. The molecule has 18 heavy (non-hydrogen) atoms. The van der Waals surface area contributed by atoms with Crippen LogP contribution in [0.3, 0.4) is 0 Å². The van der Waals surface area contributed by atoms with Crippen LogP contribution in [0, 0.1) is 10.1 Å². The fourth-order valence-electron chi connectivity index (χ4n) is 1.67. The van der Waals surface area contributed by atoms with Crippen molar-refractivity contribution in [2.24, 2.45) is 0 Å². The van der Waals surface area contributed by atoms with Gasteiger partial charge < -0.3 is 10.6 Å². The third-order valence-electron chi connectivity index (χ3n) is 2.39. The summed E-state index contributed by atoms with van der Waals surface area (Å²) >= 11 is 1.54. The summed E-state index contributed by atoms with van der Waals surface area (Å²) in [6, 6.07) is 7.09. The molecule has 0 bridgehead atoms. The Balaban J connectivity index is 2.39. The van der Waals surface area contributed by atoms with Crippen LogP contribution in [0.1, 0.15) is 6.92 Å². The van der Waals surface area contributed by atoms with Crippen molar-refractivity contribution in [1.82, 2.24) is 0 Å². The summed E-state index contributed by atoms with van der Waals surface area (Å²) in [7, 11) is 0. The molecule has 0 saturated heterocycles. The van der Waals surface area contributed by atoms with Gasteiger partial charge in [0.05, 0.1) is 4.92 Å². The molecule has 5 nitrogen and oxygen atoms in total. The van der Waals surface area contributed by atoms with Crippen LogP contribution in [-0.4, -0.2) is 11.5 Å². The maximum Gasteiger partial charge on any atom is 0.315 e. The lowest BCUT2D eigenvalue weighted by Gasteiger charge is -2.09. The van der Waals surface area contributed by atoms with E-state index in [1.165, 1.54) is 11.3 Å². The number of hydrogen-bond acceptors (Lipinski definition) is 5. The molecule has 0 saturated carbocycles. The minimum absolute atomic E-state index is 0.0746. The summed E-state index contributed by atoms with van der Waals surface area (Å²) in [5.74, 6) is 0. The summed E-state index contributed by atoms with van der Waals surface area (Å²) in [4.78, 5) is 10.8. The fourth-order valence-corrected chi connectivity index (χ4v) is 2.25. The first-order valence-corrected chi connectivity index (χ1v) is 6.47. The van der Waals surface area contributed by atoms with E-state index in [9.17, 15) is 10.1 Å². The quantitative estimate of drug-likeness (QED) is 0.635. The van der Waals surface area contributed by atoms with Crippen molar-refractivity contribution in [3.05, 3.63) is 45.1 Å². The van der Waals surface area contributed by atoms with Crippen LogP contribution < -0.4 is 10.6 Å². The van der Waals surface area contributed by atoms with Gasteiger partial charge in [0.25, 0.3) is 0 Å². The first kappa shape index (κ1) is 12.4. The molecule has 6 heteroatoms. The molecule has 0 aliphatic heterocycles. The fraction of sp³-hybridized carbons (Fsp3) is 0.167. The maximum atomic E-state index is 11.2. The highest BCUT2D eigenvalue weighted by Crippen LogP contribution is 2.34. The predicted octanol–water partition coefficient (Wildman–Crippen LogP) is 3.83. The Morgan fingerprint density at radius 1 is 1.33 bits per heavy atom. The minimum Gasteiger partial charge on any atom is -0.380 e. The lowest BCUT2D eigenvalue weighted by atomic mass is 10.2. The monoisotopic (exact) mass is 263 g/mol. The zero-order valence-electron chi connectivity index (χ0n) is 9.84. The molecule has 0 spiro atoms. The molecule has 2 aromatic rings. The van der Waals surface area contributed by atoms with Gasteiger partial charge in [0, 0.05) is 17.6 Å². The van der Waals surface area contributed by atoms with E-state index in [2.05, 4.69) is 10.6 Å². The molecule has 2 rings (SSSR count). The Morgan fingerprint density at radius 2 is 2.11 bits per heavy atom. The number of para-hydroxylation sites is 1. The topological polar surface area (TPSA) is 67.2 Å². The smallest absolute Gasteiger partial charge is 0.315 e. The Bertz CT molecular complexity index is 540. The number of thiophene rings is 1. The van der Waals surface area contributed by atoms with Crippen molar-refractivity contribution >= 4 is 34.1 Å². The molecule has 0 atom stereocenters. The van der Waals surface area contributed by atoms with Gasteiger partial charge in [0.2, 0.25) is 0 Å². The van der Waals surface area contributed by atoms with Gasteiger partial charge in [-0.1, -0.05) is 6.07 Å². The van der Waals surface area contributed by atoms with Crippen LogP contribution >= 0.6 is 11.3 Å². The third-order valence-corrected chi connectivity index (χ3v) is 3.07. The normalized spacial score (nSPS) is 10.1. The summed E-state index contributed by atoms with van der Waals surface area (Å²) in [5, 5.41) is 21.1. The summed E-state index contributed by atoms with van der Waals surface area (Å²) < 4.78 is 0. The van der Waals surface area contributed by atoms with Crippen molar-refractivity contribution < 1.29 is 4.92 Å². The SMILES string of the molecule is CCNc1cccc(Nc2ccsc2)c1[N+](=O)[O-]. The van der Waals surface area contributed by atoms with Gasteiger partial charge in [-0.3, -0.25) is 10.1 Å². The van der Waals surface area contributed by atoms with Crippen molar-refractivity contribution in [3.8, 4) is 0 Å². The maximum absolute atomic E-state index is 11.2. The van der Waals surface area contributed by atoms with Crippen molar-refractivity contribution in [1.29, 1.82) is 0 Å². The highest BCUT2D eigenvalue weighted by atomic mass is 32.1. The second kappa shape index (κ2) is 5.50. The molecule has 1 heterocycles. The molecular weight excluding hydrogens is 250 g/mol. The third kappa shape index (κ3) is 2.60. The van der Waals surface area contributed by atoms with Gasteiger partial charge in [-0.05, 0) is 30.5 Å². The van der Waals surface area contributed by atoms with E-state index in [1.807, 2.05) is 23.8 Å². The molecule has 0 fully saturated rings. The van der Waals surface area contributed by atoms with E-state index in [0.29, 0.717) is 17.9 Å². The number of benzene rings is 1. The van der Waals surface area contributed by atoms with Gasteiger partial charge in [0.15, 0.2) is 0 Å². The van der Waals surface area contributed by atoms with Crippen molar-refractivity contribution in [2.75, 3.05) is 17.2 Å². The van der Waals surface area contributed by atoms with Crippen LogP contribution in [0.4, 0.5) is 22.7 Å².